The summed E-state index contributed by atoms with van der Waals surface area (Å²) in [6.45, 7) is 1.70. The number of ketones is 1. The third-order valence-electron chi connectivity index (χ3n) is 3.19. The largest absolute Gasteiger partial charge is 0.487 e. The number of hydrogen-bond acceptors (Lipinski definition) is 4. The summed E-state index contributed by atoms with van der Waals surface area (Å²) < 4.78 is 5.65. The summed E-state index contributed by atoms with van der Waals surface area (Å²) in [6, 6.07) is 12.5. The van der Waals surface area contributed by atoms with Gasteiger partial charge in [-0.25, -0.2) is 0 Å². The lowest BCUT2D eigenvalue weighted by atomic mass is 10.00. The summed E-state index contributed by atoms with van der Waals surface area (Å²) in [6.07, 6.45) is -0.253. The molecule has 0 bridgehead atoms. The predicted octanol–water partition coefficient (Wildman–Crippen LogP) is 2.68. The van der Waals surface area contributed by atoms with Crippen LogP contribution in [0, 0.1) is 0 Å². The van der Waals surface area contributed by atoms with Crippen molar-refractivity contribution in [2.45, 2.75) is 20.0 Å². The Hall–Kier alpha value is -2.82. The molecule has 0 atom stereocenters. The average Bonchev–Trinajstić information content (AvgIpc) is 2.47. The second-order valence-electron chi connectivity index (χ2n) is 4.95. The van der Waals surface area contributed by atoms with Gasteiger partial charge in [0, 0.05) is 5.56 Å². The molecular formula is C17H17NO4. The van der Waals surface area contributed by atoms with E-state index in [2.05, 4.69) is 0 Å². The van der Waals surface area contributed by atoms with Gasteiger partial charge in [-0.2, -0.15) is 0 Å². The Labute approximate surface area is 128 Å². The number of ether oxygens (including phenoxy) is 1. The highest BCUT2D eigenvalue weighted by Crippen LogP contribution is 2.28. The lowest BCUT2D eigenvalue weighted by molar-refractivity contribution is -0.136. The predicted molar refractivity (Wildman–Crippen MR) is 83.0 cm³/mol. The maximum absolute atomic E-state index is 11.6. The van der Waals surface area contributed by atoms with Crippen LogP contribution in [0.2, 0.25) is 0 Å². The molecule has 3 N–H and O–H groups in total. The molecule has 2 aromatic rings. The van der Waals surface area contributed by atoms with Gasteiger partial charge in [-0.1, -0.05) is 30.3 Å². The lowest BCUT2D eigenvalue weighted by Crippen LogP contribution is -2.09. The van der Waals surface area contributed by atoms with Crippen LogP contribution in [0.15, 0.2) is 42.5 Å². The molecule has 22 heavy (non-hydrogen) atoms. The van der Waals surface area contributed by atoms with Gasteiger partial charge in [0.15, 0.2) is 5.78 Å². The first-order valence-corrected chi connectivity index (χ1v) is 6.79. The minimum Gasteiger partial charge on any atom is -0.487 e. The van der Waals surface area contributed by atoms with Crippen LogP contribution < -0.4 is 10.5 Å². The number of hydrogen-bond donors (Lipinski definition) is 2. The minimum atomic E-state index is -1.01. The van der Waals surface area contributed by atoms with Gasteiger partial charge in [0.05, 0.1) is 12.1 Å². The van der Waals surface area contributed by atoms with Crippen molar-refractivity contribution in [3.63, 3.8) is 0 Å². The number of aliphatic carboxylic acids is 1. The Morgan fingerprint density at radius 1 is 1.18 bits per heavy atom. The van der Waals surface area contributed by atoms with E-state index in [9.17, 15) is 9.59 Å². The molecule has 0 heterocycles. The fourth-order valence-corrected chi connectivity index (χ4v) is 2.14. The van der Waals surface area contributed by atoms with Crippen molar-refractivity contribution < 1.29 is 19.4 Å². The Bertz CT molecular complexity index is 695. The molecule has 0 saturated carbocycles. The zero-order valence-corrected chi connectivity index (χ0v) is 12.2. The van der Waals surface area contributed by atoms with E-state index < -0.39 is 5.97 Å². The molecule has 0 amide bonds. The Morgan fingerprint density at radius 3 is 2.45 bits per heavy atom. The van der Waals surface area contributed by atoms with Crippen molar-refractivity contribution in [3.8, 4) is 5.75 Å². The van der Waals surface area contributed by atoms with Crippen molar-refractivity contribution in [2.24, 2.45) is 0 Å². The van der Waals surface area contributed by atoms with Crippen LogP contribution in [0.25, 0.3) is 0 Å². The third kappa shape index (κ3) is 3.85. The van der Waals surface area contributed by atoms with Gasteiger partial charge in [0.1, 0.15) is 12.4 Å². The number of nitrogen functional groups attached to an aromatic ring is 1. The molecule has 0 aliphatic carbocycles. The monoisotopic (exact) mass is 299 g/mol. The summed E-state index contributed by atoms with van der Waals surface area (Å²) in [4.78, 5) is 22.5. The standard InChI is InChI=1S/C17H17NO4/c1-11(19)14-9-15(18)16(7-13(14)8-17(20)21)22-10-12-5-3-2-4-6-12/h2-7,9H,8,10,18H2,1H3,(H,20,21). The number of carbonyl (C=O) groups is 2. The lowest BCUT2D eigenvalue weighted by Gasteiger charge is -2.13. The maximum Gasteiger partial charge on any atom is 0.307 e. The van der Waals surface area contributed by atoms with Crippen molar-refractivity contribution in [2.75, 3.05) is 5.73 Å². The number of rotatable bonds is 6. The van der Waals surface area contributed by atoms with Crippen LogP contribution in [0.3, 0.4) is 0 Å². The number of carboxylic acids is 1. The summed E-state index contributed by atoms with van der Waals surface area (Å²) in [5.74, 6) is -0.857. The highest BCUT2D eigenvalue weighted by molar-refractivity contribution is 5.98. The molecule has 114 valence electrons. The highest BCUT2D eigenvalue weighted by atomic mass is 16.5. The number of anilines is 1. The van der Waals surface area contributed by atoms with E-state index in [1.807, 2.05) is 30.3 Å². The number of Topliss-reactive ketones (excluding diaryl/α,β-unsaturated/α-hetero) is 1. The topological polar surface area (TPSA) is 89.6 Å². The molecule has 0 fully saturated rings. The molecule has 0 unspecified atom stereocenters. The number of carbonyl (C=O) groups excluding carboxylic acids is 1. The first-order valence-electron chi connectivity index (χ1n) is 6.79. The van der Waals surface area contributed by atoms with E-state index >= 15 is 0 Å². The van der Waals surface area contributed by atoms with Crippen LogP contribution in [-0.4, -0.2) is 16.9 Å². The fourth-order valence-electron chi connectivity index (χ4n) is 2.14. The molecule has 5 heteroatoms. The number of benzene rings is 2. The van der Waals surface area contributed by atoms with Crippen LogP contribution in [0.5, 0.6) is 5.75 Å². The summed E-state index contributed by atoms with van der Waals surface area (Å²) >= 11 is 0. The smallest absolute Gasteiger partial charge is 0.307 e. The van der Waals surface area contributed by atoms with Crippen LogP contribution in [0.1, 0.15) is 28.4 Å². The molecule has 2 aromatic carbocycles. The molecule has 2 rings (SSSR count). The molecule has 5 nitrogen and oxygen atoms in total. The van der Waals surface area contributed by atoms with E-state index in [4.69, 9.17) is 15.6 Å². The van der Waals surface area contributed by atoms with Crippen molar-refractivity contribution in [3.05, 3.63) is 59.2 Å². The second-order valence-corrected chi connectivity index (χ2v) is 4.95. The van der Waals surface area contributed by atoms with Crippen LogP contribution in [-0.2, 0) is 17.8 Å². The molecule has 0 aromatic heterocycles. The zero-order valence-electron chi connectivity index (χ0n) is 12.2. The van der Waals surface area contributed by atoms with E-state index in [-0.39, 0.29) is 12.2 Å². The summed E-state index contributed by atoms with van der Waals surface area (Å²) in [5, 5.41) is 8.96. The van der Waals surface area contributed by atoms with Gasteiger partial charge in [-0.3, -0.25) is 9.59 Å². The summed E-state index contributed by atoms with van der Waals surface area (Å²) in [5.41, 5.74) is 7.90. The maximum atomic E-state index is 11.6. The van der Waals surface area contributed by atoms with Crippen molar-refractivity contribution in [1.29, 1.82) is 0 Å². The Kier molecular flexibility index (Phi) is 4.78. The van der Waals surface area contributed by atoms with E-state index in [1.54, 1.807) is 0 Å². The SMILES string of the molecule is CC(=O)c1cc(N)c(OCc2ccccc2)cc1CC(=O)O. The van der Waals surface area contributed by atoms with Crippen molar-refractivity contribution >= 4 is 17.4 Å². The van der Waals surface area contributed by atoms with E-state index in [1.165, 1.54) is 19.1 Å². The summed E-state index contributed by atoms with van der Waals surface area (Å²) in [7, 11) is 0. The van der Waals surface area contributed by atoms with Gasteiger partial charge in [0.2, 0.25) is 0 Å². The Morgan fingerprint density at radius 2 is 1.86 bits per heavy atom. The van der Waals surface area contributed by atoms with Crippen LogP contribution in [0.4, 0.5) is 5.69 Å². The first kappa shape index (κ1) is 15.6. The van der Waals surface area contributed by atoms with E-state index in [0.29, 0.717) is 29.2 Å². The average molecular weight is 299 g/mol. The first-order chi connectivity index (χ1) is 10.5. The van der Waals surface area contributed by atoms with Gasteiger partial charge >= 0.3 is 5.97 Å². The van der Waals surface area contributed by atoms with Crippen LogP contribution >= 0.6 is 0 Å². The molecular weight excluding hydrogens is 282 g/mol. The van der Waals surface area contributed by atoms with Gasteiger partial charge in [-0.05, 0) is 30.2 Å². The fraction of sp³-hybridized carbons (Fsp3) is 0.176. The number of carboxylic acid groups (broad SMARTS) is 1. The van der Waals surface area contributed by atoms with E-state index in [0.717, 1.165) is 5.56 Å². The second kappa shape index (κ2) is 6.76. The van der Waals surface area contributed by atoms with Gasteiger partial charge in [-0.15, -0.1) is 0 Å². The zero-order chi connectivity index (χ0) is 16.1. The molecule has 0 saturated heterocycles. The minimum absolute atomic E-state index is 0.224. The van der Waals surface area contributed by atoms with Gasteiger partial charge < -0.3 is 15.6 Å². The third-order valence-corrected chi connectivity index (χ3v) is 3.19. The normalized spacial score (nSPS) is 10.2. The highest BCUT2D eigenvalue weighted by Gasteiger charge is 2.15. The molecule has 0 aliphatic rings. The Balaban J connectivity index is 2.27. The van der Waals surface area contributed by atoms with Crippen molar-refractivity contribution in [1.82, 2.24) is 0 Å². The quantitative estimate of drug-likeness (QED) is 0.632. The molecule has 0 radical (unpaired) electrons. The molecule has 0 spiro atoms. The van der Waals surface area contributed by atoms with Gasteiger partial charge in [0.25, 0.3) is 0 Å². The molecule has 0 aliphatic heterocycles. The number of nitrogens with two attached hydrogens (primary N) is 1.